The van der Waals surface area contributed by atoms with Gasteiger partial charge in [-0.05, 0) is 26.4 Å². The maximum Gasteiger partial charge on any atom is 0.319 e. The summed E-state index contributed by atoms with van der Waals surface area (Å²) in [5, 5.41) is 0. The highest BCUT2D eigenvalue weighted by Gasteiger charge is 2.47. The van der Waals surface area contributed by atoms with E-state index >= 15 is 0 Å². The van der Waals surface area contributed by atoms with Crippen LogP contribution in [-0.2, 0) is 14.3 Å². The highest BCUT2D eigenvalue weighted by Crippen LogP contribution is 2.32. The lowest BCUT2D eigenvalue weighted by atomic mass is 9.75. The molecule has 0 aliphatic carbocycles. The van der Waals surface area contributed by atoms with E-state index in [1.54, 1.807) is 0 Å². The van der Waals surface area contributed by atoms with Gasteiger partial charge in [-0.3, -0.25) is 14.5 Å². The van der Waals surface area contributed by atoms with Crippen LogP contribution in [0.4, 0.5) is 0 Å². The number of ether oxygens (including phenoxy) is 1. The van der Waals surface area contributed by atoms with Crippen LogP contribution in [0.3, 0.4) is 0 Å². The Morgan fingerprint density at radius 2 is 2.29 bits per heavy atom. The van der Waals surface area contributed by atoms with Crippen LogP contribution in [0.15, 0.2) is 0 Å². The number of methoxy groups -OCH3 is 1. The van der Waals surface area contributed by atoms with Crippen molar-refractivity contribution >= 4 is 11.8 Å². The van der Waals surface area contributed by atoms with E-state index in [1.165, 1.54) is 7.11 Å². The largest absolute Gasteiger partial charge is 0.468 e. The SMILES string of the molecule is CCC1(C(=O)OC)CCN(C)CC1=O. The molecular formula is C10H17NO3. The Morgan fingerprint density at radius 3 is 2.71 bits per heavy atom. The number of carbonyl (C=O) groups is 2. The molecule has 0 aromatic carbocycles. The Balaban J connectivity index is 2.89. The first kappa shape index (κ1) is 11.2. The molecule has 1 rings (SSSR count). The Labute approximate surface area is 84.2 Å². The third kappa shape index (κ3) is 1.66. The number of likely N-dealkylation sites (tertiary alicyclic amines) is 1. The van der Waals surface area contributed by atoms with Gasteiger partial charge < -0.3 is 4.74 Å². The maximum atomic E-state index is 11.8. The zero-order valence-corrected chi connectivity index (χ0v) is 9.00. The van der Waals surface area contributed by atoms with Crippen LogP contribution in [0, 0.1) is 5.41 Å². The van der Waals surface area contributed by atoms with Crippen molar-refractivity contribution in [2.24, 2.45) is 5.41 Å². The Hall–Kier alpha value is -0.900. The molecule has 1 heterocycles. The molecule has 0 aromatic heterocycles. The van der Waals surface area contributed by atoms with Gasteiger partial charge in [-0.15, -0.1) is 0 Å². The quantitative estimate of drug-likeness (QED) is 0.479. The van der Waals surface area contributed by atoms with Gasteiger partial charge >= 0.3 is 5.97 Å². The minimum Gasteiger partial charge on any atom is -0.468 e. The zero-order chi connectivity index (χ0) is 10.8. The number of esters is 1. The molecule has 1 aliphatic heterocycles. The molecular weight excluding hydrogens is 182 g/mol. The van der Waals surface area contributed by atoms with E-state index in [0.717, 1.165) is 6.54 Å². The summed E-state index contributed by atoms with van der Waals surface area (Å²) in [4.78, 5) is 25.3. The molecule has 0 bridgehead atoms. The van der Waals surface area contributed by atoms with E-state index < -0.39 is 5.41 Å². The molecule has 0 aromatic rings. The number of ketones is 1. The van der Waals surface area contributed by atoms with Crippen LogP contribution < -0.4 is 0 Å². The summed E-state index contributed by atoms with van der Waals surface area (Å²) < 4.78 is 4.71. The van der Waals surface area contributed by atoms with E-state index in [4.69, 9.17) is 4.74 Å². The lowest BCUT2D eigenvalue weighted by Gasteiger charge is -2.35. The summed E-state index contributed by atoms with van der Waals surface area (Å²) in [6.07, 6.45) is 1.11. The number of nitrogens with zero attached hydrogens (tertiary/aromatic N) is 1. The van der Waals surface area contributed by atoms with Gasteiger partial charge in [-0.25, -0.2) is 0 Å². The summed E-state index contributed by atoms with van der Waals surface area (Å²) in [7, 11) is 3.22. The molecule has 0 spiro atoms. The predicted molar refractivity (Wildman–Crippen MR) is 51.9 cm³/mol. The number of hydrogen-bond acceptors (Lipinski definition) is 4. The molecule has 0 radical (unpaired) electrons. The van der Waals surface area contributed by atoms with Crippen molar-refractivity contribution in [3.05, 3.63) is 0 Å². The normalized spacial score (nSPS) is 28.9. The number of Topliss-reactive ketones (excluding diaryl/α,β-unsaturated/α-hetero) is 1. The topological polar surface area (TPSA) is 46.6 Å². The average Bonchev–Trinajstić information content (AvgIpc) is 2.18. The van der Waals surface area contributed by atoms with Gasteiger partial charge in [0, 0.05) is 0 Å². The van der Waals surface area contributed by atoms with Gasteiger partial charge in [0.2, 0.25) is 0 Å². The van der Waals surface area contributed by atoms with Crippen molar-refractivity contribution in [1.82, 2.24) is 4.90 Å². The summed E-state index contributed by atoms with van der Waals surface area (Å²) in [6, 6.07) is 0. The molecule has 1 fully saturated rings. The Kier molecular flexibility index (Phi) is 3.26. The number of likely N-dealkylation sites (N-methyl/N-ethyl adjacent to an activating group) is 1. The van der Waals surface area contributed by atoms with Crippen LogP contribution in [0.25, 0.3) is 0 Å². The van der Waals surface area contributed by atoms with E-state index in [9.17, 15) is 9.59 Å². The fraction of sp³-hybridized carbons (Fsp3) is 0.800. The van der Waals surface area contributed by atoms with Crippen LogP contribution in [-0.4, -0.2) is 43.9 Å². The Bertz CT molecular complexity index is 252. The number of carbonyl (C=O) groups excluding carboxylic acids is 2. The first-order valence-corrected chi connectivity index (χ1v) is 4.87. The predicted octanol–water partition coefficient (Wildman–Crippen LogP) is 0.460. The van der Waals surface area contributed by atoms with Crippen LogP contribution >= 0.6 is 0 Å². The lowest BCUT2D eigenvalue weighted by molar-refractivity contribution is -0.161. The van der Waals surface area contributed by atoms with Gasteiger partial charge in [-0.1, -0.05) is 6.92 Å². The number of piperidine rings is 1. The third-order valence-electron chi connectivity index (χ3n) is 3.05. The van der Waals surface area contributed by atoms with Gasteiger partial charge in [-0.2, -0.15) is 0 Å². The van der Waals surface area contributed by atoms with Crippen LogP contribution in [0.1, 0.15) is 19.8 Å². The minimum absolute atomic E-state index is 0.0133. The van der Waals surface area contributed by atoms with Crippen molar-refractivity contribution in [2.75, 3.05) is 27.2 Å². The summed E-state index contributed by atoms with van der Waals surface area (Å²) in [5.41, 5.74) is -0.874. The van der Waals surface area contributed by atoms with E-state index in [-0.39, 0.29) is 11.8 Å². The molecule has 1 unspecified atom stereocenters. The molecule has 80 valence electrons. The molecule has 0 N–H and O–H groups in total. The average molecular weight is 199 g/mol. The molecule has 1 saturated heterocycles. The smallest absolute Gasteiger partial charge is 0.319 e. The fourth-order valence-corrected chi connectivity index (χ4v) is 1.93. The van der Waals surface area contributed by atoms with E-state index in [0.29, 0.717) is 19.4 Å². The van der Waals surface area contributed by atoms with Gasteiger partial charge in [0.25, 0.3) is 0 Å². The third-order valence-corrected chi connectivity index (χ3v) is 3.05. The highest BCUT2D eigenvalue weighted by atomic mass is 16.5. The van der Waals surface area contributed by atoms with Crippen LogP contribution in [0.2, 0.25) is 0 Å². The summed E-state index contributed by atoms with van der Waals surface area (Å²) in [5.74, 6) is -0.390. The number of hydrogen-bond donors (Lipinski definition) is 0. The number of rotatable bonds is 2. The minimum atomic E-state index is -0.874. The van der Waals surface area contributed by atoms with Crippen molar-refractivity contribution in [3.8, 4) is 0 Å². The van der Waals surface area contributed by atoms with Crippen molar-refractivity contribution in [3.63, 3.8) is 0 Å². The monoisotopic (exact) mass is 199 g/mol. The fourth-order valence-electron chi connectivity index (χ4n) is 1.93. The first-order chi connectivity index (χ1) is 6.56. The molecule has 4 heteroatoms. The molecule has 1 aliphatic rings. The van der Waals surface area contributed by atoms with E-state index in [1.807, 2.05) is 18.9 Å². The second kappa shape index (κ2) is 4.09. The molecule has 4 nitrogen and oxygen atoms in total. The standard InChI is InChI=1S/C10H17NO3/c1-4-10(9(13)14-3)5-6-11(2)7-8(10)12/h4-7H2,1-3H3. The van der Waals surface area contributed by atoms with Crippen molar-refractivity contribution in [1.29, 1.82) is 0 Å². The molecule has 0 amide bonds. The van der Waals surface area contributed by atoms with Crippen molar-refractivity contribution < 1.29 is 14.3 Å². The van der Waals surface area contributed by atoms with Gasteiger partial charge in [0.15, 0.2) is 5.78 Å². The summed E-state index contributed by atoms with van der Waals surface area (Å²) in [6.45, 7) is 2.98. The molecule has 0 saturated carbocycles. The molecule has 14 heavy (non-hydrogen) atoms. The van der Waals surface area contributed by atoms with E-state index in [2.05, 4.69) is 0 Å². The second-order valence-electron chi connectivity index (χ2n) is 3.84. The molecule has 1 atom stereocenters. The zero-order valence-electron chi connectivity index (χ0n) is 9.00. The first-order valence-electron chi connectivity index (χ1n) is 4.87. The second-order valence-corrected chi connectivity index (χ2v) is 3.84. The Morgan fingerprint density at radius 1 is 1.64 bits per heavy atom. The highest BCUT2D eigenvalue weighted by molar-refractivity contribution is 6.05. The summed E-state index contributed by atoms with van der Waals surface area (Å²) >= 11 is 0. The van der Waals surface area contributed by atoms with Gasteiger partial charge in [0.1, 0.15) is 5.41 Å². The van der Waals surface area contributed by atoms with Gasteiger partial charge in [0.05, 0.1) is 13.7 Å². The maximum absolute atomic E-state index is 11.8. The van der Waals surface area contributed by atoms with Crippen molar-refractivity contribution in [2.45, 2.75) is 19.8 Å². The van der Waals surface area contributed by atoms with Crippen LogP contribution in [0.5, 0.6) is 0 Å². The lowest BCUT2D eigenvalue weighted by Crippen LogP contribution is -2.51.